The van der Waals surface area contributed by atoms with Gasteiger partial charge in [0.15, 0.2) is 0 Å². The minimum atomic E-state index is -0.714. The quantitative estimate of drug-likeness (QED) is 0.278. The molecular weight excluding hydrogens is 539 g/mol. The third kappa shape index (κ3) is 5.84. The van der Waals surface area contributed by atoms with Crippen molar-refractivity contribution in [3.05, 3.63) is 75.3 Å². The van der Waals surface area contributed by atoms with Crippen molar-refractivity contribution in [2.45, 2.75) is 26.9 Å². The zero-order valence-electron chi connectivity index (χ0n) is 21.0. The van der Waals surface area contributed by atoms with Gasteiger partial charge in [0.05, 0.1) is 17.2 Å². The molecule has 1 aliphatic heterocycles. The van der Waals surface area contributed by atoms with Gasteiger partial charge in [0, 0.05) is 45.8 Å². The van der Waals surface area contributed by atoms with E-state index < -0.39 is 11.9 Å². The van der Waals surface area contributed by atoms with Crippen LogP contribution in [0, 0.1) is 12.7 Å². The van der Waals surface area contributed by atoms with Gasteiger partial charge in [-0.15, -0.1) is 0 Å². The number of hydrogen-bond acceptors (Lipinski definition) is 4. The molecule has 0 aliphatic carbocycles. The number of hydrogen-bond donors (Lipinski definition) is 4. The van der Waals surface area contributed by atoms with Crippen LogP contribution in [0.3, 0.4) is 0 Å². The molecule has 2 aromatic carbocycles. The van der Waals surface area contributed by atoms with Gasteiger partial charge in [0.2, 0.25) is 0 Å². The first-order valence-electron chi connectivity index (χ1n) is 12.2. The van der Waals surface area contributed by atoms with Gasteiger partial charge in [-0.3, -0.25) is 9.59 Å². The van der Waals surface area contributed by atoms with E-state index in [0.717, 1.165) is 23.1 Å². The normalized spacial score (nSPS) is 14.7. The lowest BCUT2D eigenvalue weighted by molar-refractivity contribution is -0.110. The van der Waals surface area contributed by atoms with Crippen LogP contribution in [-0.2, 0) is 4.79 Å². The summed E-state index contributed by atoms with van der Waals surface area (Å²) in [5.41, 5.74) is 4.26. The highest BCUT2D eigenvalue weighted by Crippen LogP contribution is 2.37. The number of nitrogens with one attached hydrogen (secondary N) is 3. The highest BCUT2D eigenvalue weighted by molar-refractivity contribution is 9.10. The number of H-pyrrole nitrogens is 1. The molecule has 0 fully saturated rings. The largest absolute Gasteiger partial charge is 0.390 e. The lowest BCUT2D eigenvalue weighted by Gasteiger charge is -2.22. The summed E-state index contributed by atoms with van der Waals surface area (Å²) >= 11 is 3.45. The molecule has 2 amide bonds. The Morgan fingerprint density at radius 2 is 1.89 bits per heavy atom. The maximum atomic E-state index is 14.0. The molecule has 9 heteroatoms. The molecule has 1 aromatic heterocycles. The highest BCUT2D eigenvalue weighted by atomic mass is 79.9. The summed E-state index contributed by atoms with van der Waals surface area (Å²) < 4.78 is 14.9. The van der Waals surface area contributed by atoms with Gasteiger partial charge in [-0.25, -0.2) is 4.39 Å². The van der Waals surface area contributed by atoms with E-state index in [0.29, 0.717) is 45.9 Å². The van der Waals surface area contributed by atoms with E-state index in [4.69, 9.17) is 0 Å². The Morgan fingerprint density at radius 1 is 1.19 bits per heavy atom. The van der Waals surface area contributed by atoms with E-state index in [1.807, 2.05) is 38.1 Å². The minimum Gasteiger partial charge on any atom is -0.390 e. The molecule has 194 valence electrons. The molecule has 3 aromatic rings. The summed E-state index contributed by atoms with van der Waals surface area (Å²) in [5.74, 6) is -1.13. The van der Waals surface area contributed by atoms with Gasteiger partial charge < -0.3 is 25.6 Å². The van der Waals surface area contributed by atoms with E-state index in [1.54, 1.807) is 13.0 Å². The molecular formula is C28H30BrFN4O3. The van der Waals surface area contributed by atoms with Crippen molar-refractivity contribution in [3.8, 4) is 11.1 Å². The first-order valence-corrected chi connectivity index (χ1v) is 13.0. The molecule has 0 saturated heterocycles. The molecule has 0 bridgehead atoms. The molecule has 2 heterocycles. The minimum absolute atomic E-state index is 0.102. The number of amides is 2. The number of anilines is 1. The smallest absolute Gasteiger partial charge is 0.256 e. The predicted octanol–water partition coefficient (Wildman–Crippen LogP) is 4.82. The van der Waals surface area contributed by atoms with E-state index in [1.165, 1.54) is 18.2 Å². The van der Waals surface area contributed by atoms with Gasteiger partial charge in [-0.1, -0.05) is 41.9 Å². The van der Waals surface area contributed by atoms with Crippen molar-refractivity contribution >= 4 is 45.1 Å². The number of carbonyl (C=O) groups excluding carboxylic acids is 2. The SMILES string of the molecule is CCN(CC)CC(O)CNC(=O)c1c(C)[nH]c(C=C2C(=O)Nc3ccc(F)cc32)c1-c1ccc(Br)cc1. The molecule has 4 rings (SSSR count). The molecule has 1 atom stereocenters. The van der Waals surface area contributed by atoms with Crippen LogP contribution in [0.1, 0.15) is 41.2 Å². The number of fused-ring (bicyclic) bond motifs is 1. The number of aliphatic hydroxyl groups is 1. The molecule has 1 unspecified atom stereocenters. The van der Waals surface area contributed by atoms with Crippen LogP contribution < -0.4 is 10.6 Å². The lowest BCUT2D eigenvalue weighted by Crippen LogP contribution is -2.40. The van der Waals surface area contributed by atoms with Crippen molar-refractivity contribution < 1.29 is 19.1 Å². The standard InChI is InChI=1S/C28H30BrFN4O3/c1-4-34(5-2)15-20(35)14-31-28(37)25-16(3)32-24(26(25)17-6-8-18(29)9-7-17)13-22-21-12-19(30)10-11-23(21)33-27(22)36/h6-13,20,32,35H,4-5,14-15H2,1-3H3,(H,31,37)(H,33,36). The highest BCUT2D eigenvalue weighted by Gasteiger charge is 2.27. The fourth-order valence-corrected chi connectivity index (χ4v) is 4.81. The number of aliphatic hydroxyl groups excluding tert-OH is 1. The average molecular weight is 569 g/mol. The zero-order valence-corrected chi connectivity index (χ0v) is 22.6. The van der Waals surface area contributed by atoms with Crippen LogP contribution in [-0.4, -0.2) is 59.1 Å². The average Bonchev–Trinajstić information content (AvgIpc) is 3.37. The second-order valence-electron chi connectivity index (χ2n) is 8.97. The zero-order chi connectivity index (χ0) is 26.7. The summed E-state index contributed by atoms with van der Waals surface area (Å²) in [7, 11) is 0. The number of halogens is 2. The van der Waals surface area contributed by atoms with E-state index in [-0.39, 0.29) is 18.4 Å². The van der Waals surface area contributed by atoms with Crippen molar-refractivity contribution in [1.82, 2.24) is 15.2 Å². The fraction of sp³-hybridized carbons (Fsp3) is 0.286. The van der Waals surface area contributed by atoms with Crippen LogP contribution in [0.5, 0.6) is 0 Å². The van der Waals surface area contributed by atoms with Crippen LogP contribution in [0.15, 0.2) is 46.9 Å². The van der Waals surface area contributed by atoms with Gasteiger partial charge >= 0.3 is 0 Å². The maximum absolute atomic E-state index is 14.0. The molecule has 0 radical (unpaired) electrons. The second-order valence-corrected chi connectivity index (χ2v) is 9.89. The van der Waals surface area contributed by atoms with Crippen molar-refractivity contribution in [2.24, 2.45) is 0 Å². The number of rotatable bonds is 9. The number of likely N-dealkylation sites (N-methyl/N-ethyl adjacent to an activating group) is 1. The van der Waals surface area contributed by atoms with Gasteiger partial charge in [0.1, 0.15) is 5.82 Å². The van der Waals surface area contributed by atoms with Crippen LogP contribution in [0.2, 0.25) is 0 Å². The molecule has 0 saturated carbocycles. The van der Waals surface area contributed by atoms with Gasteiger partial charge in [-0.2, -0.15) is 0 Å². The molecule has 1 aliphatic rings. The first-order chi connectivity index (χ1) is 17.7. The van der Waals surface area contributed by atoms with Crippen LogP contribution in [0.4, 0.5) is 10.1 Å². The lowest BCUT2D eigenvalue weighted by atomic mass is 9.97. The maximum Gasteiger partial charge on any atom is 0.256 e. The van der Waals surface area contributed by atoms with Crippen molar-refractivity contribution in [2.75, 3.05) is 31.5 Å². The number of benzene rings is 2. The number of aryl methyl sites for hydroxylation is 1. The topological polar surface area (TPSA) is 97.5 Å². The summed E-state index contributed by atoms with van der Waals surface area (Å²) in [6.45, 7) is 8.02. The summed E-state index contributed by atoms with van der Waals surface area (Å²) in [6.07, 6.45) is 0.936. The summed E-state index contributed by atoms with van der Waals surface area (Å²) in [4.78, 5) is 31.5. The Morgan fingerprint density at radius 3 is 2.57 bits per heavy atom. The second kappa shape index (κ2) is 11.4. The van der Waals surface area contributed by atoms with Crippen molar-refractivity contribution in [3.63, 3.8) is 0 Å². The van der Waals surface area contributed by atoms with Gasteiger partial charge in [-0.05, 0) is 62.0 Å². The number of aromatic nitrogens is 1. The summed E-state index contributed by atoms with van der Waals surface area (Å²) in [5, 5.41) is 16.1. The fourth-order valence-electron chi connectivity index (χ4n) is 4.55. The third-order valence-electron chi connectivity index (χ3n) is 6.49. The Hall–Kier alpha value is -3.27. The van der Waals surface area contributed by atoms with Crippen LogP contribution in [0.25, 0.3) is 22.8 Å². The van der Waals surface area contributed by atoms with Crippen LogP contribution >= 0.6 is 15.9 Å². The van der Waals surface area contributed by atoms with E-state index in [2.05, 4.69) is 36.4 Å². The predicted molar refractivity (Wildman–Crippen MR) is 148 cm³/mol. The van der Waals surface area contributed by atoms with E-state index in [9.17, 15) is 19.1 Å². The first kappa shape index (κ1) is 26.8. The Balaban J connectivity index is 1.73. The Labute approximate surface area is 223 Å². The number of nitrogens with zero attached hydrogens (tertiary/aromatic N) is 1. The third-order valence-corrected chi connectivity index (χ3v) is 7.02. The molecule has 0 spiro atoms. The Kier molecular flexibility index (Phi) is 8.26. The monoisotopic (exact) mass is 568 g/mol. The van der Waals surface area contributed by atoms with E-state index >= 15 is 0 Å². The Bertz CT molecular complexity index is 1350. The molecule has 4 N–H and O–H groups in total. The number of aromatic amines is 1. The van der Waals surface area contributed by atoms with Gasteiger partial charge in [0.25, 0.3) is 11.8 Å². The number of carbonyl (C=O) groups is 2. The van der Waals surface area contributed by atoms with Crippen molar-refractivity contribution in [1.29, 1.82) is 0 Å². The summed E-state index contributed by atoms with van der Waals surface area (Å²) in [6, 6.07) is 11.6. The molecule has 7 nitrogen and oxygen atoms in total. The molecule has 37 heavy (non-hydrogen) atoms.